The molecule has 21 heavy (non-hydrogen) atoms. The van der Waals surface area contributed by atoms with Gasteiger partial charge in [0.2, 0.25) is 5.13 Å². The molecular weight excluding hydrogens is 289 g/mol. The quantitative estimate of drug-likeness (QED) is 0.727. The number of amides is 1. The van der Waals surface area contributed by atoms with Crippen molar-refractivity contribution in [3.8, 4) is 0 Å². The van der Waals surface area contributed by atoms with Gasteiger partial charge < -0.3 is 0 Å². The third-order valence-electron chi connectivity index (χ3n) is 3.56. The average molecular weight is 302 g/mol. The van der Waals surface area contributed by atoms with Gasteiger partial charge in [0, 0.05) is 17.5 Å². The van der Waals surface area contributed by atoms with Crippen molar-refractivity contribution in [3.05, 3.63) is 71.3 Å². The van der Waals surface area contributed by atoms with Crippen LogP contribution in [0.25, 0.3) is 0 Å². The first-order chi connectivity index (χ1) is 10.1. The molecule has 0 saturated heterocycles. The first-order valence-electron chi connectivity index (χ1n) is 6.72. The second-order valence-corrected chi connectivity index (χ2v) is 5.59. The van der Waals surface area contributed by atoms with Gasteiger partial charge in [0.15, 0.2) is 0 Å². The van der Waals surface area contributed by atoms with Crippen LogP contribution in [0.3, 0.4) is 0 Å². The van der Waals surface area contributed by atoms with E-state index >= 15 is 0 Å². The number of aryl methyl sites for hydroxylation is 1. The Balaban J connectivity index is 2.07. The maximum absolute atomic E-state index is 14.6. The second-order valence-electron chi connectivity index (χ2n) is 4.99. The predicted octanol–water partition coefficient (Wildman–Crippen LogP) is 4.17. The number of carbonyl (C=O) groups is 1. The standard InChI is InChI=1S/C17H13ClFNO/c18-17(19)11-10-12-6-4-5-9-14(12)15(17)20-16(21)13-7-2-1-3-8-13/h1-9H,10-11H2/t17-/m1/s1. The molecule has 2 aromatic rings. The predicted molar refractivity (Wildman–Crippen MR) is 81.8 cm³/mol. The molecule has 1 aliphatic rings. The van der Waals surface area contributed by atoms with Crippen LogP contribution in [0, 0.1) is 0 Å². The fourth-order valence-electron chi connectivity index (χ4n) is 2.47. The van der Waals surface area contributed by atoms with Crippen molar-refractivity contribution >= 4 is 23.2 Å². The van der Waals surface area contributed by atoms with Gasteiger partial charge in [-0.2, -0.15) is 0 Å². The summed E-state index contributed by atoms with van der Waals surface area (Å²) in [6.45, 7) is 0. The minimum atomic E-state index is -2.10. The molecule has 0 aromatic heterocycles. The van der Waals surface area contributed by atoms with Gasteiger partial charge in [-0.25, -0.2) is 9.38 Å². The fourth-order valence-corrected chi connectivity index (χ4v) is 2.70. The number of alkyl halides is 2. The van der Waals surface area contributed by atoms with E-state index in [1.165, 1.54) is 0 Å². The normalized spacial score (nSPS) is 22.9. The summed E-state index contributed by atoms with van der Waals surface area (Å²) in [5.74, 6) is -0.482. The van der Waals surface area contributed by atoms with E-state index in [4.69, 9.17) is 11.6 Å². The monoisotopic (exact) mass is 301 g/mol. The van der Waals surface area contributed by atoms with E-state index in [9.17, 15) is 9.18 Å². The molecule has 1 atom stereocenters. The van der Waals surface area contributed by atoms with Crippen LogP contribution in [0.15, 0.2) is 59.6 Å². The lowest BCUT2D eigenvalue weighted by atomic mass is 9.88. The molecule has 2 aromatic carbocycles. The van der Waals surface area contributed by atoms with E-state index in [-0.39, 0.29) is 12.1 Å². The van der Waals surface area contributed by atoms with E-state index < -0.39 is 11.0 Å². The van der Waals surface area contributed by atoms with Gasteiger partial charge in [-0.1, -0.05) is 54.1 Å². The van der Waals surface area contributed by atoms with Gasteiger partial charge in [0.05, 0.1) is 0 Å². The van der Waals surface area contributed by atoms with E-state index in [0.29, 0.717) is 17.5 Å². The van der Waals surface area contributed by atoms with Gasteiger partial charge in [-0.05, 0) is 24.1 Å². The van der Waals surface area contributed by atoms with Crippen molar-refractivity contribution in [1.82, 2.24) is 0 Å². The average Bonchev–Trinajstić information content (AvgIpc) is 2.51. The maximum Gasteiger partial charge on any atom is 0.277 e. The van der Waals surface area contributed by atoms with Crippen LogP contribution in [0.2, 0.25) is 0 Å². The lowest BCUT2D eigenvalue weighted by Gasteiger charge is -2.27. The minimum absolute atomic E-state index is 0.0138. The molecule has 0 spiro atoms. The molecule has 0 heterocycles. The topological polar surface area (TPSA) is 29.4 Å². The first-order valence-corrected chi connectivity index (χ1v) is 7.10. The van der Waals surface area contributed by atoms with Crippen molar-refractivity contribution in [2.75, 3.05) is 0 Å². The van der Waals surface area contributed by atoms with Crippen molar-refractivity contribution in [1.29, 1.82) is 0 Å². The van der Waals surface area contributed by atoms with Gasteiger partial charge in [-0.3, -0.25) is 4.79 Å². The highest BCUT2D eigenvalue weighted by molar-refractivity contribution is 6.39. The van der Waals surface area contributed by atoms with Crippen molar-refractivity contribution < 1.29 is 9.18 Å². The molecule has 0 saturated carbocycles. The lowest BCUT2D eigenvalue weighted by molar-refractivity contribution is 0.100. The van der Waals surface area contributed by atoms with E-state index in [1.807, 2.05) is 12.1 Å². The minimum Gasteiger partial charge on any atom is -0.267 e. The Morgan fingerprint density at radius 1 is 1.10 bits per heavy atom. The lowest BCUT2D eigenvalue weighted by Crippen LogP contribution is -2.34. The van der Waals surface area contributed by atoms with Crippen LogP contribution in [0.4, 0.5) is 4.39 Å². The third kappa shape index (κ3) is 2.74. The van der Waals surface area contributed by atoms with E-state index in [1.54, 1.807) is 42.5 Å². The Morgan fingerprint density at radius 2 is 1.76 bits per heavy atom. The summed E-state index contributed by atoms with van der Waals surface area (Å²) in [7, 11) is 0. The molecule has 106 valence electrons. The smallest absolute Gasteiger partial charge is 0.267 e. The Hall–Kier alpha value is -2.00. The molecular formula is C17H13ClFNO. The van der Waals surface area contributed by atoms with Gasteiger partial charge in [-0.15, -0.1) is 0 Å². The van der Waals surface area contributed by atoms with Gasteiger partial charge in [0.25, 0.3) is 5.91 Å². The fraction of sp³-hybridized carbons (Fsp3) is 0.176. The number of benzene rings is 2. The summed E-state index contributed by atoms with van der Waals surface area (Å²) < 4.78 is 14.6. The second kappa shape index (κ2) is 5.41. The Morgan fingerprint density at radius 3 is 2.52 bits per heavy atom. The first kappa shape index (κ1) is 14.0. The maximum atomic E-state index is 14.6. The summed E-state index contributed by atoms with van der Waals surface area (Å²) in [5.41, 5.74) is 2.01. The molecule has 1 aliphatic carbocycles. The molecule has 3 rings (SSSR count). The van der Waals surface area contributed by atoms with Crippen LogP contribution in [-0.2, 0) is 6.42 Å². The zero-order valence-corrected chi connectivity index (χ0v) is 12.0. The number of rotatable bonds is 1. The van der Waals surface area contributed by atoms with Crippen LogP contribution in [0.1, 0.15) is 27.9 Å². The highest BCUT2D eigenvalue weighted by atomic mass is 35.5. The van der Waals surface area contributed by atoms with Crippen molar-refractivity contribution in [2.45, 2.75) is 18.0 Å². The number of hydrogen-bond donors (Lipinski definition) is 0. The Labute approximate surface area is 127 Å². The van der Waals surface area contributed by atoms with Gasteiger partial charge >= 0.3 is 0 Å². The highest BCUT2D eigenvalue weighted by Gasteiger charge is 2.39. The summed E-state index contributed by atoms with van der Waals surface area (Å²) in [4.78, 5) is 16.2. The zero-order valence-electron chi connectivity index (χ0n) is 11.2. The van der Waals surface area contributed by atoms with Crippen LogP contribution >= 0.6 is 11.6 Å². The number of nitrogens with zero attached hydrogens (tertiary/aromatic N) is 1. The number of aliphatic imine (C=N–C) groups is 1. The Bertz CT molecular complexity index is 710. The molecule has 4 heteroatoms. The summed E-state index contributed by atoms with van der Waals surface area (Å²) >= 11 is 5.95. The van der Waals surface area contributed by atoms with Crippen LogP contribution in [-0.4, -0.2) is 16.7 Å². The highest BCUT2D eigenvalue weighted by Crippen LogP contribution is 2.35. The molecule has 0 radical (unpaired) electrons. The molecule has 0 aliphatic heterocycles. The molecule has 2 nitrogen and oxygen atoms in total. The van der Waals surface area contributed by atoms with Crippen LogP contribution < -0.4 is 0 Å². The number of carbonyl (C=O) groups excluding carboxylic acids is 1. The summed E-state index contributed by atoms with van der Waals surface area (Å²) in [6.07, 6.45) is 0.654. The molecule has 1 amide bonds. The number of halogens is 2. The summed E-state index contributed by atoms with van der Waals surface area (Å²) in [5, 5.41) is -2.10. The van der Waals surface area contributed by atoms with Crippen LogP contribution in [0.5, 0.6) is 0 Å². The third-order valence-corrected chi connectivity index (χ3v) is 3.93. The van der Waals surface area contributed by atoms with Crippen molar-refractivity contribution in [2.24, 2.45) is 4.99 Å². The number of fused-ring (bicyclic) bond motifs is 1. The SMILES string of the molecule is O=C(N=C1c2ccccc2CC[C@]1(F)Cl)c1ccccc1. The largest absolute Gasteiger partial charge is 0.277 e. The van der Waals surface area contributed by atoms with E-state index in [0.717, 1.165) is 5.56 Å². The molecule has 0 N–H and O–H groups in total. The molecule has 0 fully saturated rings. The number of hydrogen-bond acceptors (Lipinski definition) is 1. The molecule has 0 bridgehead atoms. The zero-order chi connectivity index (χ0) is 14.9. The van der Waals surface area contributed by atoms with E-state index in [2.05, 4.69) is 4.99 Å². The summed E-state index contributed by atoms with van der Waals surface area (Å²) in [6, 6.07) is 15.9. The van der Waals surface area contributed by atoms with Crippen molar-refractivity contribution in [3.63, 3.8) is 0 Å². The van der Waals surface area contributed by atoms with Gasteiger partial charge in [0.1, 0.15) is 5.71 Å². The molecule has 0 unspecified atom stereocenters. The Kier molecular flexibility index (Phi) is 3.60.